The van der Waals surface area contributed by atoms with Crippen molar-refractivity contribution < 1.29 is 14.0 Å². The van der Waals surface area contributed by atoms with Gasteiger partial charge in [0.05, 0.1) is 28.3 Å². The largest absolute Gasteiger partial charge is 0.441 e. The number of Topliss-reactive ketones (excluding diaryl/α,β-unsaturated/α-hetero) is 1. The van der Waals surface area contributed by atoms with Crippen molar-refractivity contribution in [3.63, 3.8) is 0 Å². The Kier molecular flexibility index (Phi) is 5.25. The topological polar surface area (TPSA) is 90.0 Å². The third-order valence-corrected chi connectivity index (χ3v) is 5.12. The van der Waals surface area contributed by atoms with Gasteiger partial charge in [0.25, 0.3) is 11.7 Å². The molecule has 7 nitrogen and oxygen atoms in total. The summed E-state index contributed by atoms with van der Waals surface area (Å²) in [5.41, 5.74) is 4.24. The highest BCUT2D eigenvalue weighted by Crippen LogP contribution is 2.24. The van der Waals surface area contributed by atoms with Crippen molar-refractivity contribution >= 4 is 17.4 Å². The Morgan fingerprint density at radius 2 is 1.68 bits per heavy atom. The second kappa shape index (κ2) is 8.02. The lowest BCUT2D eigenvalue weighted by Crippen LogP contribution is -2.24. The van der Waals surface area contributed by atoms with Crippen molar-refractivity contribution in [2.45, 2.75) is 27.7 Å². The Bertz CT molecular complexity index is 1270. The number of amides is 1. The van der Waals surface area contributed by atoms with Crippen molar-refractivity contribution in [3.05, 3.63) is 83.0 Å². The molecule has 1 N–H and O–H groups in total. The Labute approximate surface area is 179 Å². The summed E-state index contributed by atoms with van der Waals surface area (Å²) >= 11 is 0. The summed E-state index contributed by atoms with van der Waals surface area (Å²) in [5, 5.41) is 7.13. The molecule has 0 aliphatic rings. The zero-order chi connectivity index (χ0) is 22.1. The first-order valence-corrected chi connectivity index (χ1v) is 9.87. The first kappa shape index (κ1) is 20.3. The Morgan fingerprint density at radius 1 is 0.935 bits per heavy atom. The number of aromatic nitrogens is 3. The minimum atomic E-state index is -0.726. The summed E-state index contributed by atoms with van der Waals surface area (Å²) < 4.78 is 7.32. The molecule has 0 saturated carbocycles. The van der Waals surface area contributed by atoms with Crippen LogP contribution in [0.15, 0.2) is 59.0 Å². The highest BCUT2D eigenvalue weighted by molar-refractivity contribution is 6.47. The fraction of sp³-hybridized carbons (Fsp3) is 0.167. The van der Waals surface area contributed by atoms with Crippen molar-refractivity contribution in [1.82, 2.24) is 14.8 Å². The fourth-order valence-electron chi connectivity index (χ4n) is 3.42. The average molecular weight is 414 g/mol. The number of hydrogen-bond donors (Lipinski definition) is 1. The van der Waals surface area contributed by atoms with Crippen molar-refractivity contribution in [2.24, 2.45) is 0 Å². The third kappa shape index (κ3) is 3.90. The summed E-state index contributed by atoms with van der Waals surface area (Å²) in [7, 11) is 0. The Morgan fingerprint density at radius 3 is 2.35 bits per heavy atom. The molecule has 156 valence electrons. The molecule has 31 heavy (non-hydrogen) atoms. The smallest absolute Gasteiger partial charge is 0.296 e. The van der Waals surface area contributed by atoms with E-state index in [1.165, 1.54) is 0 Å². The summed E-state index contributed by atoms with van der Waals surface area (Å²) in [4.78, 5) is 30.1. The SMILES string of the molecule is Cc1nc(-c2cccc(NC(=O)C(=O)c3c(C)nn(-c4ccccc4)c3C)c2)oc1C. The molecule has 0 saturated heterocycles. The van der Waals surface area contributed by atoms with E-state index in [4.69, 9.17) is 4.42 Å². The van der Waals surface area contributed by atoms with Crippen LogP contribution in [0.3, 0.4) is 0 Å². The van der Waals surface area contributed by atoms with Gasteiger partial charge in [-0.3, -0.25) is 9.59 Å². The average Bonchev–Trinajstić information content (AvgIpc) is 3.26. The molecule has 0 radical (unpaired) electrons. The predicted octanol–water partition coefficient (Wildman–Crippen LogP) is 4.58. The maximum Gasteiger partial charge on any atom is 0.296 e. The van der Waals surface area contributed by atoms with E-state index in [0.29, 0.717) is 34.1 Å². The van der Waals surface area contributed by atoms with Gasteiger partial charge in [0.15, 0.2) is 0 Å². The fourth-order valence-corrected chi connectivity index (χ4v) is 3.42. The third-order valence-electron chi connectivity index (χ3n) is 5.12. The molecule has 4 rings (SSSR count). The lowest BCUT2D eigenvalue weighted by atomic mass is 10.1. The number of carbonyl (C=O) groups is 2. The van der Waals surface area contributed by atoms with Gasteiger partial charge in [-0.2, -0.15) is 5.10 Å². The van der Waals surface area contributed by atoms with E-state index in [9.17, 15) is 9.59 Å². The maximum absolute atomic E-state index is 12.9. The highest BCUT2D eigenvalue weighted by atomic mass is 16.4. The van der Waals surface area contributed by atoms with Crippen LogP contribution in [0.5, 0.6) is 0 Å². The molecule has 0 spiro atoms. The second-order valence-corrected chi connectivity index (χ2v) is 7.32. The van der Waals surface area contributed by atoms with Crippen LogP contribution in [0, 0.1) is 27.7 Å². The predicted molar refractivity (Wildman–Crippen MR) is 117 cm³/mol. The zero-order valence-electron chi connectivity index (χ0n) is 17.8. The van der Waals surface area contributed by atoms with Gasteiger partial charge in [0.2, 0.25) is 5.89 Å². The summed E-state index contributed by atoms with van der Waals surface area (Å²) in [6.45, 7) is 7.21. The quantitative estimate of drug-likeness (QED) is 0.381. The number of benzene rings is 2. The van der Waals surface area contributed by atoms with Crippen LogP contribution in [0.2, 0.25) is 0 Å². The van der Waals surface area contributed by atoms with Gasteiger partial charge in [-0.1, -0.05) is 24.3 Å². The second-order valence-electron chi connectivity index (χ2n) is 7.32. The number of anilines is 1. The van der Waals surface area contributed by atoms with Gasteiger partial charge in [-0.15, -0.1) is 0 Å². The molecule has 1 amide bonds. The molecule has 4 aromatic rings. The van der Waals surface area contributed by atoms with Crippen molar-refractivity contribution in [1.29, 1.82) is 0 Å². The van der Waals surface area contributed by atoms with Crippen LogP contribution in [0.25, 0.3) is 17.1 Å². The minimum Gasteiger partial charge on any atom is -0.441 e. The lowest BCUT2D eigenvalue weighted by molar-refractivity contribution is -0.112. The molecule has 2 aromatic heterocycles. The van der Waals surface area contributed by atoms with E-state index in [0.717, 1.165) is 17.1 Å². The van der Waals surface area contributed by atoms with E-state index < -0.39 is 11.7 Å². The lowest BCUT2D eigenvalue weighted by Gasteiger charge is -2.07. The summed E-state index contributed by atoms with van der Waals surface area (Å²) in [6.07, 6.45) is 0. The normalized spacial score (nSPS) is 10.8. The zero-order valence-corrected chi connectivity index (χ0v) is 17.8. The van der Waals surface area contributed by atoms with E-state index in [2.05, 4.69) is 15.4 Å². The molecule has 2 aromatic carbocycles. The van der Waals surface area contributed by atoms with Crippen molar-refractivity contribution in [2.75, 3.05) is 5.32 Å². The number of nitrogens with zero attached hydrogens (tertiary/aromatic N) is 3. The van der Waals surface area contributed by atoms with Gasteiger partial charge >= 0.3 is 0 Å². The number of ketones is 1. The monoisotopic (exact) mass is 414 g/mol. The molecular formula is C24H22N4O3. The van der Waals surface area contributed by atoms with Gasteiger partial charge in [-0.05, 0) is 58.0 Å². The molecule has 7 heteroatoms. The van der Waals surface area contributed by atoms with E-state index in [1.807, 2.05) is 50.2 Å². The standard InChI is InChI=1S/C24H22N4O3/c1-14-17(4)31-24(25-14)18-9-8-10-19(13-18)26-23(30)22(29)21-15(2)27-28(16(21)3)20-11-6-5-7-12-20/h5-13H,1-4H3,(H,26,30). The first-order chi connectivity index (χ1) is 14.8. The van der Waals surface area contributed by atoms with E-state index in [-0.39, 0.29) is 0 Å². The summed E-state index contributed by atoms with van der Waals surface area (Å²) in [5.74, 6) is -0.157. The van der Waals surface area contributed by atoms with Crippen LogP contribution in [-0.4, -0.2) is 26.5 Å². The van der Waals surface area contributed by atoms with Crippen LogP contribution in [-0.2, 0) is 4.79 Å². The number of carbonyl (C=O) groups excluding carboxylic acids is 2. The van der Waals surface area contributed by atoms with Gasteiger partial charge in [0.1, 0.15) is 5.76 Å². The first-order valence-electron chi connectivity index (χ1n) is 9.87. The number of para-hydroxylation sites is 1. The highest BCUT2D eigenvalue weighted by Gasteiger charge is 2.25. The number of rotatable bonds is 5. The summed E-state index contributed by atoms with van der Waals surface area (Å²) in [6, 6.07) is 16.5. The maximum atomic E-state index is 12.9. The van der Waals surface area contributed by atoms with Crippen LogP contribution < -0.4 is 5.32 Å². The molecule has 0 bridgehead atoms. The Balaban J connectivity index is 1.58. The molecule has 0 atom stereocenters. The van der Waals surface area contributed by atoms with Gasteiger partial charge in [-0.25, -0.2) is 9.67 Å². The van der Waals surface area contributed by atoms with Gasteiger partial charge < -0.3 is 9.73 Å². The van der Waals surface area contributed by atoms with Crippen LogP contribution in [0.4, 0.5) is 5.69 Å². The number of nitrogens with one attached hydrogen (secondary N) is 1. The van der Waals surface area contributed by atoms with Crippen LogP contribution in [0.1, 0.15) is 33.2 Å². The van der Waals surface area contributed by atoms with Crippen molar-refractivity contribution in [3.8, 4) is 17.1 Å². The molecule has 0 aliphatic carbocycles. The van der Waals surface area contributed by atoms with Crippen LogP contribution >= 0.6 is 0 Å². The Hall–Kier alpha value is -4.00. The van der Waals surface area contributed by atoms with Gasteiger partial charge in [0, 0.05) is 11.3 Å². The minimum absolute atomic E-state index is 0.302. The van der Waals surface area contributed by atoms with E-state index in [1.54, 1.807) is 36.7 Å². The van der Waals surface area contributed by atoms with E-state index >= 15 is 0 Å². The number of aryl methyl sites for hydroxylation is 3. The molecular weight excluding hydrogens is 392 g/mol. The molecule has 0 unspecified atom stereocenters. The number of hydrogen-bond acceptors (Lipinski definition) is 5. The molecule has 2 heterocycles. The molecule has 0 fully saturated rings. The number of oxazole rings is 1. The molecule has 0 aliphatic heterocycles.